The maximum Gasteiger partial charge on any atom is 0.573 e. The highest BCUT2D eigenvalue weighted by atomic mass is 35.5. The van der Waals surface area contributed by atoms with Crippen LogP contribution < -0.4 is 9.47 Å². The standard InChI is InChI=1S/C22H18ClF3N4O6/c1-28-18-17(19(33)30(21(28)34)11-16(31)32)29(10-12-5-7-13(23)8-6-12)20(27-18)35-14-3-2-4-15(9-14)36-22(24,25)26/h2-9,17-18H,10-11H2,1H3,(H,31,32). The molecule has 1 N–H and O–H groups in total. The molecule has 36 heavy (non-hydrogen) atoms. The lowest BCUT2D eigenvalue weighted by Gasteiger charge is -2.40. The Morgan fingerprint density at radius 3 is 2.44 bits per heavy atom. The second-order valence-corrected chi connectivity index (χ2v) is 8.30. The molecule has 10 nitrogen and oxygen atoms in total. The number of imide groups is 1. The van der Waals surface area contributed by atoms with E-state index in [9.17, 15) is 32.7 Å². The van der Waals surface area contributed by atoms with Crippen molar-refractivity contribution in [3.05, 3.63) is 59.1 Å². The number of hydrogen-bond acceptors (Lipinski definition) is 7. The van der Waals surface area contributed by atoms with Gasteiger partial charge < -0.3 is 24.4 Å². The van der Waals surface area contributed by atoms with Crippen molar-refractivity contribution in [2.45, 2.75) is 25.1 Å². The number of rotatable bonds is 6. The number of alkyl halides is 3. The molecular formula is C22H18ClF3N4O6. The number of fused-ring (bicyclic) bond motifs is 1. The summed E-state index contributed by atoms with van der Waals surface area (Å²) in [5.41, 5.74) is 0.669. The van der Waals surface area contributed by atoms with Crippen LogP contribution in [0, 0.1) is 0 Å². The molecule has 3 amide bonds. The number of carbonyl (C=O) groups excluding carboxylic acids is 2. The first-order chi connectivity index (χ1) is 16.9. The molecule has 0 radical (unpaired) electrons. The molecule has 4 rings (SSSR count). The molecule has 2 atom stereocenters. The number of urea groups is 1. The molecule has 2 aliphatic rings. The molecule has 1 fully saturated rings. The van der Waals surface area contributed by atoms with Gasteiger partial charge in [0, 0.05) is 24.7 Å². The Balaban J connectivity index is 1.68. The third kappa shape index (κ3) is 5.30. The number of aliphatic imine (C=N–C) groups is 1. The SMILES string of the molecule is CN1C(=O)N(CC(=O)O)C(=O)C2C1N=C(Oc1cccc(OC(F)(F)F)c1)N2Cc1ccc(Cl)cc1. The zero-order valence-electron chi connectivity index (χ0n) is 18.5. The Hall–Kier alpha value is -4.00. The smallest absolute Gasteiger partial charge is 0.480 e. The highest BCUT2D eigenvalue weighted by Crippen LogP contribution is 2.32. The number of benzene rings is 2. The van der Waals surface area contributed by atoms with E-state index in [-0.39, 0.29) is 18.3 Å². The van der Waals surface area contributed by atoms with Crippen LogP contribution >= 0.6 is 11.6 Å². The van der Waals surface area contributed by atoms with Gasteiger partial charge in [-0.2, -0.15) is 0 Å². The van der Waals surface area contributed by atoms with Crippen LogP contribution in [0.15, 0.2) is 53.5 Å². The van der Waals surface area contributed by atoms with Gasteiger partial charge in [0.25, 0.3) is 11.9 Å². The minimum Gasteiger partial charge on any atom is -0.480 e. The van der Waals surface area contributed by atoms with Crippen molar-refractivity contribution in [3.8, 4) is 11.5 Å². The van der Waals surface area contributed by atoms with Gasteiger partial charge in [0.15, 0.2) is 12.2 Å². The van der Waals surface area contributed by atoms with Gasteiger partial charge in [0.1, 0.15) is 18.0 Å². The molecule has 0 aliphatic carbocycles. The van der Waals surface area contributed by atoms with Crippen LogP contribution in [0.3, 0.4) is 0 Å². The number of amides is 3. The fraction of sp³-hybridized carbons (Fsp3) is 0.273. The van der Waals surface area contributed by atoms with Gasteiger partial charge in [0.05, 0.1) is 0 Å². The summed E-state index contributed by atoms with van der Waals surface area (Å²) in [4.78, 5) is 44.6. The number of amidine groups is 1. The third-order valence-corrected chi connectivity index (χ3v) is 5.61. The maximum absolute atomic E-state index is 13.2. The highest BCUT2D eigenvalue weighted by molar-refractivity contribution is 6.30. The van der Waals surface area contributed by atoms with E-state index in [0.29, 0.717) is 15.5 Å². The summed E-state index contributed by atoms with van der Waals surface area (Å²) in [7, 11) is 1.35. The van der Waals surface area contributed by atoms with Crippen molar-refractivity contribution in [3.63, 3.8) is 0 Å². The number of nitrogens with zero attached hydrogens (tertiary/aromatic N) is 4. The van der Waals surface area contributed by atoms with Crippen LogP contribution in [0.1, 0.15) is 5.56 Å². The summed E-state index contributed by atoms with van der Waals surface area (Å²) in [6, 6.07) is 9.16. The Morgan fingerprint density at radius 2 is 1.81 bits per heavy atom. The molecule has 0 aromatic heterocycles. The number of carboxylic acids is 1. The Bertz CT molecular complexity index is 1220. The molecule has 190 valence electrons. The van der Waals surface area contributed by atoms with Crippen LogP contribution in [-0.4, -0.2) is 75.9 Å². The quantitative estimate of drug-likeness (QED) is 0.615. The third-order valence-electron chi connectivity index (χ3n) is 5.36. The van der Waals surface area contributed by atoms with E-state index in [1.807, 2.05) is 0 Å². The van der Waals surface area contributed by atoms with Crippen LogP contribution in [0.5, 0.6) is 11.5 Å². The van der Waals surface area contributed by atoms with Gasteiger partial charge in [-0.3, -0.25) is 14.5 Å². The number of aliphatic carboxylic acids is 1. The number of halogens is 4. The van der Waals surface area contributed by atoms with Crippen molar-refractivity contribution in [2.24, 2.45) is 4.99 Å². The minimum atomic E-state index is -4.91. The minimum absolute atomic E-state index is 0.0323. The average Bonchev–Trinajstić information content (AvgIpc) is 3.13. The first kappa shape index (κ1) is 25.1. The first-order valence-electron chi connectivity index (χ1n) is 10.4. The van der Waals surface area contributed by atoms with Crippen molar-refractivity contribution < 1.29 is 42.1 Å². The molecule has 2 aromatic rings. The monoisotopic (exact) mass is 526 g/mol. The first-order valence-corrected chi connectivity index (χ1v) is 10.7. The molecule has 2 unspecified atom stereocenters. The molecule has 0 spiro atoms. The van der Waals surface area contributed by atoms with E-state index in [2.05, 4.69) is 9.73 Å². The number of hydrogen-bond donors (Lipinski definition) is 1. The fourth-order valence-corrected chi connectivity index (χ4v) is 3.94. The predicted octanol–water partition coefficient (Wildman–Crippen LogP) is 3.16. The number of ether oxygens (including phenoxy) is 2. The predicted molar refractivity (Wildman–Crippen MR) is 118 cm³/mol. The molecule has 2 aliphatic heterocycles. The lowest BCUT2D eigenvalue weighted by Crippen LogP contribution is -2.65. The lowest BCUT2D eigenvalue weighted by molar-refractivity contribution is -0.274. The van der Waals surface area contributed by atoms with Gasteiger partial charge >= 0.3 is 18.4 Å². The zero-order valence-corrected chi connectivity index (χ0v) is 19.2. The van der Waals surface area contributed by atoms with Crippen LogP contribution in [-0.2, 0) is 16.1 Å². The summed E-state index contributed by atoms with van der Waals surface area (Å²) in [6.45, 7) is -0.822. The highest BCUT2D eigenvalue weighted by Gasteiger charge is 2.53. The molecular weight excluding hydrogens is 509 g/mol. The molecule has 0 bridgehead atoms. The normalized spacial score (nSPS) is 19.8. The summed E-state index contributed by atoms with van der Waals surface area (Å²) in [6.07, 6.45) is -5.98. The summed E-state index contributed by atoms with van der Waals surface area (Å²) < 4.78 is 47.6. The maximum atomic E-state index is 13.2. The second-order valence-electron chi connectivity index (χ2n) is 7.86. The molecule has 1 saturated heterocycles. The van der Waals surface area contributed by atoms with E-state index in [1.54, 1.807) is 24.3 Å². The largest absolute Gasteiger partial charge is 0.573 e. The second kappa shape index (κ2) is 9.57. The van der Waals surface area contributed by atoms with Gasteiger partial charge in [-0.1, -0.05) is 29.8 Å². The number of carboxylic acid groups (broad SMARTS) is 1. The lowest BCUT2D eigenvalue weighted by atomic mass is 10.1. The summed E-state index contributed by atoms with van der Waals surface area (Å²) in [5.74, 6) is -2.80. The topological polar surface area (TPSA) is 112 Å². The van der Waals surface area contributed by atoms with Crippen LogP contribution in [0.2, 0.25) is 5.02 Å². The van der Waals surface area contributed by atoms with Crippen molar-refractivity contribution >= 4 is 35.5 Å². The van der Waals surface area contributed by atoms with E-state index in [4.69, 9.17) is 16.3 Å². The fourth-order valence-electron chi connectivity index (χ4n) is 3.81. The average molecular weight is 527 g/mol. The van der Waals surface area contributed by atoms with E-state index >= 15 is 0 Å². The van der Waals surface area contributed by atoms with Gasteiger partial charge in [-0.25, -0.2) is 9.79 Å². The van der Waals surface area contributed by atoms with Crippen molar-refractivity contribution in [1.29, 1.82) is 0 Å². The molecule has 14 heteroatoms. The van der Waals surface area contributed by atoms with Crippen LogP contribution in [0.4, 0.5) is 18.0 Å². The van der Waals surface area contributed by atoms with Gasteiger partial charge in [-0.05, 0) is 29.8 Å². The van der Waals surface area contributed by atoms with Crippen molar-refractivity contribution in [2.75, 3.05) is 13.6 Å². The molecule has 2 heterocycles. The molecule has 2 aromatic carbocycles. The van der Waals surface area contributed by atoms with Crippen molar-refractivity contribution in [1.82, 2.24) is 14.7 Å². The van der Waals surface area contributed by atoms with Crippen LogP contribution in [0.25, 0.3) is 0 Å². The Kier molecular flexibility index (Phi) is 6.67. The summed E-state index contributed by atoms with van der Waals surface area (Å²) >= 11 is 5.95. The van der Waals surface area contributed by atoms with E-state index < -0.39 is 48.8 Å². The number of likely N-dealkylation sites (N-methyl/N-ethyl adjacent to an activating group) is 1. The molecule has 0 saturated carbocycles. The zero-order chi connectivity index (χ0) is 26.2. The Morgan fingerprint density at radius 1 is 1.14 bits per heavy atom. The summed E-state index contributed by atoms with van der Waals surface area (Å²) in [5, 5.41) is 9.64. The van der Waals surface area contributed by atoms with Gasteiger partial charge in [0.2, 0.25) is 0 Å². The van der Waals surface area contributed by atoms with E-state index in [1.165, 1.54) is 24.1 Å². The Labute approximate surface area is 207 Å². The van der Waals surface area contributed by atoms with Gasteiger partial charge in [-0.15, -0.1) is 13.2 Å². The van der Waals surface area contributed by atoms with E-state index in [0.717, 1.165) is 17.0 Å². The number of carbonyl (C=O) groups is 3.